The zero-order valence-corrected chi connectivity index (χ0v) is 14.7. The molecule has 5 heteroatoms. The first-order chi connectivity index (χ1) is 9.56. The molecule has 0 aliphatic heterocycles. The Kier molecular flexibility index (Phi) is 5.29. The second kappa shape index (κ2) is 6.78. The van der Waals surface area contributed by atoms with E-state index in [2.05, 4.69) is 56.9 Å². The summed E-state index contributed by atoms with van der Waals surface area (Å²) >= 11 is 5.41. The zero-order chi connectivity index (χ0) is 14.7. The summed E-state index contributed by atoms with van der Waals surface area (Å²) in [6, 6.07) is 9.03. The van der Waals surface area contributed by atoms with E-state index in [-0.39, 0.29) is 6.04 Å². The highest BCUT2D eigenvalue weighted by atomic mass is 79.9. The van der Waals surface area contributed by atoms with E-state index in [1.165, 1.54) is 16.2 Å². The van der Waals surface area contributed by atoms with Gasteiger partial charge in [0.15, 0.2) is 0 Å². The van der Waals surface area contributed by atoms with Crippen LogP contribution in [0.25, 0.3) is 0 Å². The number of aryl methyl sites for hydroxylation is 2. The molecule has 108 valence electrons. The van der Waals surface area contributed by atoms with Gasteiger partial charge in [0.2, 0.25) is 0 Å². The number of hydrogen-bond acceptors (Lipinski definition) is 3. The quantitative estimate of drug-likeness (QED) is 0.830. The summed E-state index contributed by atoms with van der Waals surface area (Å²) < 4.78 is 3.07. The van der Waals surface area contributed by atoms with Crippen molar-refractivity contribution in [1.29, 1.82) is 0 Å². The van der Waals surface area contributed by atoms with E-state index in [0.29, 0.717) is 0 Å². The van der Waals surface area contributed by atoms with Crippen LogP contribution in [0.2, 0.25) is 0 Å². The second-order valence-corrected chi connectivity index (χ2v) is 6.46. The lowest BCUT2D eigenvalue weighted by molar-refractivity contribution is 0.560. The van der Waals surface area contributed by atoms with Gasteiger partial charge in [-0.25, -0.2) is 0 Å². The highest BCUT2D eigenvalue weighted by Crippen LogP contribution is 2.26. The van der Waals surface area contributed by atoms with Crippen molar-refractivity contribution in [1.82, 2.24) is 15.1 Å². The first-order valence-electron chi connectivity index (χ1n) is 6.56. The number of aromatic nitrogens is 2. The molecule has 1 unspecified atom stereocenters. The lowest BCUT2D eigenvalue weighted by atomic mass is 10.0. The van der Waals surface area contributed by atoms with Gasteiger partial charge in [-0.05, 0) is 53.9 Å². The molecule has 20 heavy (non-hydrogen) atoms. The fourth-order valence-electron chi connectivity index (χ4n) is 2.32. The molecule has 0 aliphatic rings. The summed E-state index contributed by atoms with van der Waals surface area (Å²) in [5, 5.41) is 7.86. The number of rotatable bonds is 5. The van der Waals surface area contributed by atoms with Crippen LogP contribution in [0, 0.1) is 6.92 Å². The average Bonchev–Trinajstić information content (AvgIpc) is 2.70. The highest BCUT2D eigenvalue weighted by Gasteiger charge is 2.17. The molecule has 2 aromatic rings. The first-order valence-corrected chi connectivity index (χ1v) is 8.57. The molecule has 0 radical (unpaired) electrons. The second-order valence-electron chi connectivity index (χ2n) is 4.79. The normalized spacial score (nSPS) is 12.7. The van der Waals surface area contributed by atoms with E-state index in [1.54, 1.807) is 11.8 Å². The van der Waals surface area contributed by atoms with Gasteiger partial charge in [-0.2, -0.15) is 5.10 Å². The molecule has 1 heterocycles. The lowest BCUT2D eigenvalue weighted by Crippen LogP contribution is -2.20. The Morgan fingerprint density at radius 3 is 2.45 bits per heavy atom. The molecule has 1 atom stereocenters. The van der Waals surface area contributed by atoms with Crippen molar-refractivity contribution >= 4 is 27.7 Å². The largest absolute Gasteiger partial charge is 0.313 e. The third-order valence-corrected chi connectivity index (χ3v) is 5.30. The number of thioether (sulfide) groups is 1. The topological polar surface area (TPSA) is 29.9 Å². The summed E-state index contributed by atoms with van der Waals surface area (Å²) in [7, 11) is 4.00. The Bertz CT molecular complexity index is 578. The highest BCUT2D eigenvalue weighted by molar-refractivity contribution is 9.10. The fourth-order valence-corrected chi connectivity index (χ4v) is 3.22. The summed E-state index contributed by atoms with van der Waals surface area (Å²) in [5.74, 6) is 0. The van der Waals surface area contributed by atoms with Gasteiger partial charge in [0.05, 0.1) is 15.9 Å². The summed E-state index contributed by atoms with van der Waals surface area (Å²) in [6.07, 6.45) is 3.01. The monoisotopic (exact) mass is 353 g/mol. The summed E-state index contributed by atoms with van der Waals surface area (Å²) in [4.78, 5) is 1.29. The predicted molar refractivity (Wildman–Crippen MR) is 89.4 cm³/mol. The van der Waals surface area contributed by atoms with Gasteiger partial charge in [-0.15, -0.1) is 11.8 Å². The van der Waals surface area contributed by atoms with Crippen LogP contribution in [0.5, 0.6) is 0 Å². The molecule has 0 spiro atoms. The van der Waals surface area contributed by atoms with E-state index in [9.17, 15) is 0 Å². The minimum Gasteiger partial charge on any atom is -0.313 e. The molecule has 0 aliphatic carbocycles. The summed E-state index contributed by atoms with van der Waals surface area (Å²) in [6.45, 7) is 2.02. The molecule has 1 aromatic heterocycles. The predicted octanol–water partition coefficient (Wildman–Crippen LogP) is 3.72. The van der Waals surface area contributed by atoms with E-state index < -0.39 is 0 Å². The van der Waals surface area contributed by atoms with Crippen molar-refractivity contribution in [3.63, 3.8) is 0 Å². The van der Waals surface area contributed by atoms with Crippen LogP contribution < -0.4 is 5.32 Å². The molecule has 1 aromatic carbocycles. The summed E-state index contributed by atoms with van der Waals surface area (Å²) in [5.41, 5.74) is 3.56. The molecule has 0 bridgehead atoms. The van der Waals surface area contributed by atoms with Crippen LogP contribution in [0.4, 0.5) is 0 Å². The Morgan fingerprint density at radius 2 is 2.00 bits per heavy atom. The smallest absolute Gasteiger partial charge is 0.0738 e. The van der Waals surface area contributed by atoms with E-state index in [0.717, 1.165) is 16.6 Å². The van der Waals surface area contributed by atoms with Crippen LogP contribution in [0.3, 0.4) is 0 Å². The molecule has 3 nitrogen and oxygen atoms in total. The van der Waals surface area contributed by atoms with Gasteiger partial charge in [-0.1, -0.05) is 12.1 Å². The maximum absolute atomic E-state index is 4.46. The van der Waals surface area contributed by atoms with Gasteiger partial charge in [-0.3, -0.25) is 4.68 Å². The number of hydrogen-bond donors (Lipinski definition) is 1. The van der Waals surface area contributed by atoms with Gasteiger partial charge in [0.25, 0.3) is 0 Å². The van der Waals surface area contributed by atoms with Crippen molar-refractivity contribution in [2.24, 2.45) is 7.05 Å². The van der Waals surface area contributed by atoms with Crippen LogP contribution in [0.15, 0.2) is 33.6 Å². The number of nitrogens with one attached hydrogen (secondary N) is 1. The number of benzene rings is 1. The van der Waals surface area contributed by atoms with E-state index in [4.69, 9.17) is 0 Å². The fraction of sp³-hybridized carbons (Fsp3) is 0.400. The Balaban J connectivity index is 2.23. The Labute approximate surface area is 133 Å². The van der Waals surface area contributed by atoms with E-state index in [1.807, 2.05) is 25.7 Å². The molecular weight excluding hydrogens is 334 g/mol. The van der Waals surface area contributed by atoms with Crippen LogP contribution in [0.1, 0.15) is 23.0 Å². The average molecular weight is 354 g/mol. The molecule has 1 N–H and O–H groups in total. The minimum absolute atomic E-state index is 0.289. The van der Waals surface area contributed by atoms with Crippen molar-refractivity contribution in [2.45, 2.75) is 24.3 Å². The van der Waals surface area contributed by atoms with Gasteiger partial charge < -0.3 is 5.32 Å². The molecule has 0 amide bonds. The van der Waals surface area contributed by atoms with Crippen molar-refractivity contribution in [3.05, 3.63) is 45.7 Å². The van der Waals surface area contributed by atoms with Crippen LogP contribution >= 0.6 is 27.7 Å². The Hall–Kier alpha value is -0.780. The number of nitrogens with zero attached hydrogens (tertiary/aromatic N) is 2. The third-order valence-electron chi connectivity index (χ3n) is 3.53. The number of halogens is 1. The van der Waals surface area contributed by atoms with Crippen molar-refractivity contribution < 1.29 is 0 Å². The van der Waals surface area contributed by atoms with Crippen molar-refractivity contribution in [2.75, 3.05) is 13.3 Å². The Morgan fingerprint density at radius 1 is 1.35 bits per heavy atom. The van der Waals surface area contributed by atoms with Gasteiger partial charge in [0, 0.05) is 24.4 Å². The van der Waals surface area contributed by atoms with E-state index >= 15 is 0 Å². The third kappa shape index (κ3) is 3.27. The van der Waals surface area contributed by atoms with Gasteiger partial charge in [0.1, 0.15) is 0 Å². The van der Waals surface area contributed by atoms with Crippen molar-refractivity contribution in [3.8, 4) is 0 Å². The molecule has 0 saturated carbocycles. The van der Waals surface area contributed by atoms with Crippen LogP contribution in [-0.2, 0) is 13.5 Å². The molecule has 0 saturated heterocycles. The molecule has 2 rings (SSSR count). The first kappa shape index (κ1) is 15.6. The maximum atomic E-state index is 4.46. The SMILES string of the molecule is CNC(Cc1c(Br)c(C)nn1C)c1ccc(SC)cc1. The number of likely N-dealkylation sites (N-methyl/N-ethyl adjacent to an activating group) is 1. The molecular formula is C15H20BrN3S. The minimum atomic E-state index is 0.289. The van der Waals surface area contributed by atoms with Crippen LogP contribution in [-0.4, -0.2) is 23.1 Å². The molecule has 0 fully saturated rings. The standard InChI is InChI=1S/C15H20BrN3S/c1-10-15(16)14(19(3)18-10)9-13(17-2)11-5-7-12(20-4)8-6-11/h5-8,13,17H,9H2,1-4H3. The zero-order valence-electron chi connectivity index (χ0n) is 12.3. The van der Waals surface area contributed by atoms with Gasteiger partial charge >= 0.3 is 0 Å². The maximum Gasteiger partial charge on any atom is 0.0738 e. The lowest BCUT2D eigenvalue weighted by Gasteiger charge is -2.17.